The first-order valence-electron chi connectivity index (χ1n) is 10.5. The van der Waals surface area contributed by atoms with Gasteiger partial charge in [-0.15, -0.1) is 0 Å². The molecule has 33 heavy (non-hydrogen) atoms. The Hall–Kier alpha value is -3.49. The molecular weight excluding hydrogens is 437 g/mol. The SMILES string of the molecule is Nc1ccc(COC(=O)/C=C/c2ccc(C(=O)OC3CCC(C(F)(F)F)CC3)cc2)c(N)c1. The van der Waals surface area contributed by atoms with Gasteiger partial charge in [0.15, 0.2) is 0 Å². The zero-order chi connectivity index (χ0) is 24.0. The van der Waals surface area contributed by atoms with Crippen LogP contribution in [0.1, 0.15) is 47.2 Å². The number of carbonyl (C=O) groups excluding carboxylic acids is 2. The summed E-state index contributed by atoms with van der Waals surface area (Å²) in [6.45, 7) is 0.00491. The second-order valence-corrected chi connectivity index (χ2v) is 7.94. The summed E-state index contributed by atoms with van der Waals surface area (Å²) in [5.41, 5.74) is 14.0. The Labute approximate surface area is 189 Å². The highest BCUT2D eigenvalue weighted by Gasteiger charge is 2.42. The first-order valence-corrected chi connectivity index (χ1v) is 10.5. The summed E-state index contributed by atoms with van der Waals surface area (Å²) >= 11 is 0. The lowest BCUT2D eigenvalue weighted by Crippen LogP contribution is -2.31. The number of esters is 2. The van der Waals surface area contributed by atoms with E-state index >= 15 is 0 Å². The third-order valence-corrected chi connectivity index (χ3v) is 5.51. The first-order chi connectivity index (χ1) is 15.6. The highest BCUT2D eigenvalue weighted by molar-refractivity contribution is 5.90. The van der Waals surface area contributed by atoms with Crippen LogP contribution in [0, 0.1) is 5.92 Å². The number of alkyl halides is 3. The summed E-state index contributed by atoms with van der Waals surface area (Å²) in [7, 11) is 0. The number of carbonyl (C=O) groups is 2. The van der Waals surface area contributed by atoms with E-state index in [2.05, 4.69) is 0 Å². The second-order valence-electron chi connectivity index (χ2n) is 7.94. The number of anilines is 2. The van der Waals surface area contributed by atoms with Crippen molar-refractivity contribution in [1.29, 1.82) is 0 Å². The van der Waals surface area contributed by atoms with Gasteiger partial charge in [-0.3, -0.25) is 0 Å². The molecule has 1 fully saturated rings. The normalized spacial score (nSPS) is 18.8. The van der Waals surface area contributed by atoms with Crippen LogP contribution >= 0.6 is 0 Å². The van der Waals surface area contributed by atoms with E-state index in [-0.39, 0.29) is 37.9 Å². The Morgan fingerprint density at radius 1 is 1.00 bits per heavy atom. The van der Waals surface area contributed by atoms with Gasteiger partial charge >= 0.3 is 18.1 Å². The summed E-state index contributed by atoms with van der Waals surface area (Å²) in [6.07, 6.45) is -1.61. The van der Waals surface area contributed by atoms with Gasteiger partial charge in [0.05, 0.1) is 11.5 Å². The van der Waals surface area contributed by atoms with Crippen LogP contribution in [-0.4, -0.2) is 24.2 Å². The van der Waals surface area contributed by atoms with E-state index in [1.54, 1.807) is 30.3 Å². The fraction of sp³-hybridized carbons (Fsp3) is 0.333. The van der Waals surface area contributed by atoms with Crippen molar-refractivity contribution < 1.29 is 32.2 Å². The number of hydrogen-bond donors (Lipinski definition) is 2. The number of nitrogens with two attached hydrogens (primary N) is 2. The topological polar surface area (TPSA) is 105 Å². The number of halogens is 3. The van der Waals surface area contributed by atoms with Gasteiger partial charge in [0.1, 0.15) is 12.7 Å². The van der Waals surface area contributed by atoms with Crippen molar-refractivity contribution in [2.45, 2.75) is 44.6 Å². The van der Waals surface area contributed by atoms with Crippen molar-refractivity contribution in [2.24, 2.45) is 5.92 Å². The molecule has 0 aromatic heterocycles. The number of nitrogen functional groups attached to an aromatic ring is 2. The maximum Gasteiger partial charge on any atom is 0.391 e. The molecule has 9 heteroatoms. The zero-order valence-corrected chi connectivity index (χ0v) is 17.8. The molecule has 6 nitrogen and oxygen atoms in total. The minimum Gasteiger partial charge on any atom is -0.459 e. The molecule has 1 aliphatic carbocycles. The van der Waals surface area contributed by atoms with Gasteiger partial charge in [0.25, 0.3) is 0 Å². The minimum atomic E-state index is -4.20. The third kappa shape index (κ3) is 7.00. The molecule has 176 valence electrons. The lowest BCUT2D eigenvalue weighted by Gasteiger charge is -2.29. The van der Waals surface area contributed by atoms with Gasteiger partial charge in [0, 0.05) is 23.0 Å². The first kappa shape index (κ1) is 24.2. The Balaban J connectivity index is 1.46. The fourth-order valence-corrected chi connectivity index (χ4v) is 3.56. The second kappa shape index (κ2) is 10.4. The Morgan fingerprint density at radius 3 is 2.27 bits per heavy atom. The maximum atomic E-state index is 12.7. The van der Waals surface area contributed by atoms with Crippen molar-refractivity contribution in [1.82, 2.24) is 0 Å². The smallest absolute Gasteiger partial charge is 0.391 e. The molecule has 0 amide bonds. The van der Waals surface area contributed by atoms with Crippen LogP contribution in [0.3, 0.4) is 0 Å². The van der Waals surface area contributed by atoms with Crippen molar-refractivity contribution in [3.8, 4) is 0 Å². The molecule has 0 radical (unpaired) electrons. The summed E-state index contributed by atoms with van der Waals surface area (Å²) in [6, 6.07) is 11.2. The van der Waals surface area contributed by atoms with Gasteiger partial charge in [-0.1, -0.05) is 18.2 Å². The van der Waals surface area contributed by atoms with Crippen LogP contribution in [0.5, 0.6) is 0 Å². The maximum absolute atomic E-state index is 12.7. The lowest BCUT2D eigenvalue weighted by molar-refractivity contribution is -0.185. The van der Waals surface area contributed by atoms with Gasteiger partial charge in [-0.25, -0.2) is 9.59 Å². The van der Waals surface area contributed by atoms with Gasteiger partial charge in [-0.2, -0.15) is 13.2 Å². The van der Waals surface area contributed by atoms with E-state index in [9.17, 15) is 22.8 Å². The zero-order valence-electron chi connectivity index (χ0n) is 17.8. The molecule has 2 aromatic rings. The van der Waals surface area contributed by atoms with Crippen LogP contribution in [-0.2, 0) is 20.9 Å². The molecular formula is C24H25F3N2O4. The predicted octanol–water partition coefficient (Wildman–Crippen LogP) is 4.89. The molecule has 2 aromatic carbocycles. The standard InChI is InChI=1S/C24H25F3N2O4/c25-24(26,27)18-7-10-20(11-8-18)33-23(31)16-4-1-15(2-5-16)3-12-22(30)32-14-17-6-9-19(28)13-21(17)29/h1-6,9,12-13,18,20H,7-8,10-11,14,28-29H2/b12-3+. The average Bonchev–Trinajstić information content (AvgIpc) is 2.77. The van der Waals surface area contributed by atoms with E-state index in [0.29, 0.717) is 22.5 Å². The summed E-state index contributed by atoms with van der Waals surface area (Å²) in [5.74, 6) is -2.47. The van der Waals surface area contributed by atoms with Gasteiger partial charge < -0.3 is 20.9 Å². The predicted molar refractivity (Wildman–Crippen MR) is 118 cm³/mol. The molecule has 4 N–H and O–H groups in total. The van der Waals surface area contributed by atoms with Crippen molar-refractivity contribution >= 4 is 29.4 Å². The molecule has 0 bridgehead atoms. The van der Waals surface area contributed by atoms with Crippen LogP contribution in [0.2, 0.25) is 0 Å². The Morgan fingerprint density at radius 2 is 1.67 bits per heavy atom. The van der Waals surface area contributed by atoms with Crippen molar-refractivity contribution in [2.75, 3.05) is 11.5 Å². The van der Waals surface area contributed by atoms with Gasteiger partial charge in [0.2, 0.25) is 0 Å². The molecule has 1 saturated carbocycles. The summed E-state index contributed by atoms with van der Waals surface area (Å²) < 4.78 is 48.7. The molecule has 3 rings (SSSR count). The molecule has 0 unspecified atom stereocenters. The van der Waals surface area contributed by atoms with Crippen LogP contribution in [0.15, 0.2) is 48.5 Å². The van der Waals surface area contributed by atoms with E-state index < -0.39 is 30.1 Å². The highest BCUT2D eigenvalue weighted by atomic mass is 19.4. The molecule has 0 aliphatic heterocycles. The quantitative estimate of drug-likeness (QED) is 0.360. The van der Waals surface area contributed by atoms with Crippen LogP contribution in [0.4, 0.5) is 24.5 Å². The molecule has 0 spiro atoms. The van der Waals surface area contributed by atoms with Gasteiger partial charge in [-0.05, 0) is 61.6 Å². The molecule has 0 saturated heterocycles. The monoisotopic (exact) mass is 462 g/mol. The van der Waals surface area contributed by atoms with Crippen molar-refractivity contribution in [3.05, 3.63) is 65.2 Å². The number of rotatable bonds is 6. The highest BCUT2D eigenvalue weighted by Crippen LogP contribution is 2.38. The summed E-state index contributed by atoms with van der Waals surface area (Å²) in [4.78, 5) is 24.2. The van der Waals surface area contributed by atoms with E-state index in [0.717, 1.165) is 0 Å². The van der Waals surface area contributed by atoms with E-state index in [1.165, 1.54) is 24.3 Å². The fourth-order valence-electron chi connectivity index (χ4n) is 3.56. The number of hydrogen-bond acceptors (Lipinski definition) is 6. The third-order valence-electron chi connectivity index (χ3n) is 5.51. The largest absolute Gasteiger partial charge is 0.459 e. The minimum absolute atomic E-state index is 0.00491. The van der Waals surface area contributed by atoms with Crippen LogP contribution in [0.25, 0.3) is 6.08 Å². The molecule has 0 heterocycles. The van der Waals surface area contributed by atoms with E-state index in [4.69, 9.17) is 20.9 Å². The summed E-state index contributed by atoms with van der Waals surface area (Å²) in [5, 5.41) is 0. The number of ether oxygens (including phenoxy) is 2. The van der Waals surface area contributed by atoms with Crippen LogP contribution < -0.4 is 11.5 Å². The Kier molecular flexibility index (Phi) is 7.63. The Bertz CT molecular complexity index is 1010. The van der Waals surface area contributed by atoms with E-state index in [1.807, 2.05) is 0 Å². The molecule has 1 aliphatic rings. The number of benzene rings is 2. The lowest BCUT2D eigenvalue weighted by atomic mass is 9.87. The molecule has 0 atom stereocenters. The average molecular weight is 462 g/mol. The van der Waals surface area contributed by atoms with Crippen molar-refractivity contribution in [3.63, 3.8) is 0 Å².